The van der Waals surface area contributed by atoms with E-state index in [0.29, 0.717) is 23.4 Å². The molecule has 1 heterocycles. The minimum absolute atomic E-state index is 0.0246. The van der Waals surface area contributed by atoms with Crippen LogP contribution in [0, 0.1) is 17.1 Å². The Morgan fingerprint density at radius 2 is 1.93 bits per heavy atom. The second kappa shape index (κ2) is 9.49. The Bertz CT molecular complexity index is 1010. The van der Waals surface area contributed by atoms with Crippen molar-refractivity contribution in [2.75, 3.05) is 0 Å². The van der Waals surface area contributed by atoms with Gasteiger partial charge in [-0.3, -0.25) is 4.79 Å². The molecular weight excluding hydrogens is 375 g/mol. The number of carbonyl (C=O) groups excluding carboxylic acids is 1. The van der Waals surface area contributed by atoms with Crippen LogP contribution in [0.5, 0.6) is 5.75 Å². The van der Waals surface area contributed by atoms with E-state index in [1.807, 2.05) is 23.6 Å². The van der Waals surface area contributed by atoms with Crippen LogP contribution >= 0.6 is 11.3 Å². The number of amides is 1. The average molecular weight is 392 g/mol. The highest BCUT2D eigenvalue weighted by atomic mass is 32.1. The molecule has 0 radical (unpaired) electrons. The molecule has 0 fully saturated rings. The Kier molecular flexibility index (Phi) is 6.55. The summed E-state index contributed by atoms with van der Waals surface area (Å²) in [6.45, 7) is 0.509. The largest absolute Gasteiger partial charge is 0.489 e. The molecule has 3 aromatic rings. The summed E-state index contributed by atoms with van der Waals surface area (Å²) in [5, 5.41) is 13.9. The average Bonchev–Trinajstić information content (AvgIpc) is 3.24. The summed E-state index contributed by atoms with van der Waals surface area (Å²) in [6, 6.07) is 19.1. The van der Waals surface area contributed by atoms with E-state index in [9.17, 15) is 14.4 Å². The van der Waals surface area contributed by atoms with E-state index >= 15 is 0 Å². The molecule has 6 heteroatoms. The minimum atomic E-state index is -0.421. The highest BCUT2D eigenvalue weighted by Crippen LogP contribution is 2.17. The van der Waals surface area contributed by atoms with E-state index in [1.165, 1.54) is 23.5 Å². The topological polar surface area (TPSA) is 62.1 Å². The van der Waals surface area contributed by atoms with Crippen LogP contribution < -0.4 is 10.1 Å². The molecule has 1 N–H and O–H groups in total. The maximum atomic E-state index is 13.6. The summed E-state index contributed by atoms with van der Waals surface area (Å²) in [6.07, 6.45) is 1.52. The van der Waals surface area contributed by atoms with Gasteiger partial charge in [0.15, 0.2) is 0 Å². The summed E-state index contributed by atoms with van der Waals surface area (Å²) in [4.78, 5) is 13.2. The first-order valence-electron chi connectivity index (χ1n) is 8.54. The molecule has 28 heavy (non-hydrogen) atoms. The van der Waals surface area contributed by atoms with Crippen molar-refractivity contribution >= 4 is 23.3 Å². The molecule has 2 aromatic carbocycles. The van der Waals surface area contributed by atoms with E-state index in [-0.39, 0.29) is 18.0 Å². The van der Waals surface area contributed by atoms with Crippen LogP contribution in [0.2, 0.25) is 0 Å². The number of benzene rings is 2. The number of halogens is 1. The zero-order chi connectivity index (χ0) is 19.8. The van der Waals surface area contributed by atoms with Gasteiger partial charge in [0.25, 0.3) is 5.91 Å². The van der Waals surface area contributed by atoms with Crippen LogP contribution in [0.4, 0.5) is 4.39 Å². The van der Waals surface area contributed by atoms with E-state index in [4.69, 9.17) is 4.74 Å². The number of nitrogens with one attached hydrogen (secondary N) is 1. The van der Waals surface area contributed by atoms with Crippen molar-refractivity contribution in [3.8, 4) is 11.8 Å². The number of rotatable bonds is 7. The van der Waals surface area contributed by atoms with Gasteiger partial charge in [0.05, 0.1) is 6.54 Å². The Morgan fingerprint density at radius 1 is 1.14 bits per heavy atom. The van der Waals surface area contributed by atoms with Crippen molar-refractivity contribution in [3.63, 3.8) is 0 Å². The van der Waals surface area contributed by atoms with Crippen LogP contribution in [0.15, 0.2) is 71.6 Å². The van der Waals surface area contributed by atoms with Crippen molar-refractivity contribution < 1.29 is 13.9 Å². The zero-order valence-corrected chi connectivity index (χ0v) is 15.7. The van der Waals surface area contributed by atoms with Crippen LogP contribution in [0.3, 0.4) is 0 Å². The number of nitrogens with zero attached hydrogens (tertiary/aromatic N) is 1. The second-order valence-corrected chi connectivity index (χ2v) is 6.91. The van der Waals surface area contributed by atoms with Gasteiger partial charge in [-0.1, -0.05) is 36.4 Å². The molecule has 0 aliphatic rings. The molecule has 0 saturated carbocycles. The normalized spacial score (nSPS) is 10.9. The molecule has 0 atom stereocenters. The summed E-state index contributed by atoms with van der Waals surface area (Å²) in [7, 11) is 0. The molecule has 0 unspecified atom stereocenters. The van der Waals surface area contributed by atoms with Gasteiger partial charge < -0.3 is 10.1 Å². The molecule has 140 valence electrons. The van der Waals surface area contributed by atoms with E-state index < -0.39 is 5.91 Å². The monoisotopic (exact) mass is 392 g/mol. The predicted molar refractivity (Wildman–Crippen MR) is 107 cm³/mol. The fraction of sp³-hybridized carbons (Fsp3) is 0.0909. The molecular formula is C22H17FN2O2S. The number of nitriles is 1. The van der Waals surface area contributed by atoms with Crippen LogP contribution in [0.25, 0.3) is 6.08 Å². The van der Waals surface area contributed by atoms with Gasteiger partial charge in [0.1, 0.15) is 29.8 Å². The maximum absolute atomic E-state index is 13.6. The molecule has 0 bridgehead atoms. The van der Waals surface area contributed by atoms with Gasteiger partial charge in [-0.15, -0.1) is 11.3 Å². The predicted octanol–water partition coefficient (Wildman–Crippen LogP) is 4.69. The third-order valence-electron chi connectivity index (χ3n) is 3.91. The molecule has 4 nitrogen and oxygen atoms in total. The Balaban J connectivity index is 1.60. The Morgan fingerprint density at radius 3 is 2.61 bits per heavy atom. The second-order valence-electron chi connectivity index (χ2n) is 5.88. The lowest BCUT2D eigenvalue weighted by Crippen LogP contribution is -2.23. The summed E-state index contributed by atoms with van der Waals surface area (Å²) in [5.41, 5.74) is 1.19. The SMILES string of the molecule is N#C/C(=C/c1ccc(OCc2ccccc2F)cc1)C(=O)NCc1cccs1. The maximum Gasteiger partial charge on any atom is 0.262 e. The Labute approximate surface area is 166 Å². The highest BCUT2D eigenvalue weighted by molar-refractivity contribution is 7.09. The van der Waals surface area contributed by atoms with Gasteiger partial charge in [-0.2, -0.15) is 5.26 Å². The third-order valence-corrected chi connectivity index (χ3v) is 4.79. The van der Waals surface area contributed by atoms with Crippen LogP contribution in [-0.2, 0) is 17.9 Å². The lowest BCUT2D eigenvalue weighted by atomic mass is 10.1. The Hall–Kier alpha value is -3.43. The smallest absolute Gasteiger partial charge is 0.262 e. The fourth-order valence-electron chi connectivity index (χ4n) is 2.43. The standard InChI is InChI=1S/C22H17FN2O2S/c23-21-6-2-1-4-17(21)15-27-19-9-7-16(8-10-19)12-18(13-24)22(26)25-14-20-5-3-11-28-20/h1-12H,14-15H2,(H,25,26)/b18-12-. The van der Waals surface area contributed by atoms with Crippen LogP contribution in [-0.4, -0.2) is 5.91 Å². The van der Waals surface area contributed by atoms with Crippen molar-refractivity contribution in [1.29, 1.82) is 5.26 Å². The third kappa shape index (κ3) is 5.29. The van der Waals surface area contributed by atoms with E-state index in [2.05, 4.69) is 5.32 Å². The van der Waals surface area contributed by atoms with Gasteiger partial charge in [0.2, 0.25) is 0 Å². The molecule has 0 spiro atoms. The molecule has 0 aliphatic carbocycles. The molecule has 0 saturated heterocycles. The summed E-state index contributed by atoms with van der Waals surface area (Å²) >= 11 is 1.54. The lowest BCUT2D eigenvalue weighted by Gasteiger charge is -2.07. The molecule has 0 aliphatic heterocycles. The van der Waals surface area contributed by atoms with Crippen LogP contribution in [0.1, 0.15) is 16.0 Å². The van der Waals surface area contributed by atoms with Crippen molar-refractivity contribution in [2.45, 2.75) is 13.2 Å². The number of thiophene rings is 1. The first kappa shape index (κ1) is 19.3. The van der Waals surface area contributed by atoms with Gasteiger partial charge in [-0.25, -0.2) is 4.39 Å². The molecule has 1 amide bonds. The van der Waals surface area contributed by atoms with Crippen molar-refractivity contribution in [3.05, 3.63) is 93.4 Å². The van der Waals surface area contributed by atoms with Gasteiger partial charge in [-0.05, 0) is 41.3 Å². The molecule has 1 aromatic heterocycles. The first-order chi connectivity index (χ1) is 13.7. The van der Waals surface area contributed by atoms with E-state index in [1.54, 1.807) is 42.5 Å². The minimum Gasteiger partial charge on any atom is -0.489 e. The number of carbonyl (C=O) groups is 1. The fourth-order valence-corrected chi connectivity index (χ4v) is 3.07. The number of hydrogen-bond acceptors (Lipinski definition) is 4. The number of ether oxygens (including phenoxy) is 1. The zero-order valence-electron chi connectivity index (χ0n) is 14.9. The van der Waals surface area contributed by atoms with Gasteiger partial charge in [0, 0.05) is 10.4 Å². The quantitative estimate of drug-likeness (QED) is 0.469. The first-order valence-corrected chi connectivity index (χ1v) is 9.42. The highest BCUT2D eigenvalue weighted by Gasteiger charge is 2.09. The van der Waals surface area contributed by atoms with Crippen molar-refractivity contribution in [1.82, 2.24) is 5.32 Å². The lowest BCUT2D eigenvalue weighted by molar-refractivity contribution is -0.117. The number of hydrogen-bond donors (Lipinski definition) is 1. The summed E-state index contributed by atoms with van der Waals surface area (Å²) < 4.78 is 19.2. The summed E-state index contributed by atoms with van der Waals surface area (Å²) in [5.74, 6) is -0.161. The van der Waals surface area contributed by atoms with E-state index in [0.717, 1.165) is 4.88 Å². The molecule has 3 rings (SSSR count). The van der Waals surface area contributed by atoms with Crippen molar-refractivity contribution in [2.24, 2.45) is 0 Å². The van der Waals surface area contributed by atoms with Gasteiger partial charge >= 0.3 is 0 Å².